The highest BCUT2D eigenvalue weighted by Crippen LogP contribution is 2.24. The predicted octanol–water partition coefficient (Wildman–Crippen LogP) is 4.64. The summed E-state index contributed by atoms with van der Waals surface area (Å²) in [5, 5.41) is 0. The molecule has 18 heavy (non-hydrogen) atoms. The first-order chi connectivity index (χ1) is 8.39. The molecule has 0 aromatic carbocycles. The zero-order chi connectivity index (χ0) is 14.0. The third-order valence-electron chi connectivity index (χ3n) is 3.15. The number of unbranched alkanes of at least 4 members (excludes halogenated alkanes) is 2. The lowest BCUT2D eigenvalue weighted by Crippen LogP contribution is -2.23. The minimum Gasteiger partial charge on any atom is -0.463 e. The fourth-order valence-corrected chi connectivity index (χ4v) is 4.48. The molecule has 106 valence electrons. The topological polar surface area (TPSA) is 26.3 Å². The van der Waals surface area contributed by atoms with Crippen LogP contribution in [0.5, 0.6) is 0 Å². The van der Waals surface area contributed by atoms with E-state index in [1.54, 1.807) is 0 Å². The summed E-state index contributed by atoms with van der Waals surface area (Å²) in [7, 11) is -0.917. The van der Waals surface area contributed by atoms with Crippen molar-refractivity contribution in [3.63, 3.8) is 0 Å². The number of rotatable bonds is 10. The summed E-state index contributed by atoms with van der Waals surface area (Å²) in [6.07, 6.45) is 7.25. The Hall–Kier alpha value is -0.573. The van der Waals surface area contributed by atoms with Crippen LogP contribution in [0.3, 0.4) is 0 Å². The Bertz CT molecular complexity index is 243. The SMILES string of the molecule is C=CC(=O)OCCCCCC(CC)C[Si](C)(C)C. The average molecular weight is 270 g/mol. The number of hydrogen-bond donors (Lipinski definition) is 0. The second kappa shape index (κ2) is 9.37. The second-order valence-electron chi connectivity index (χ2n) is 6.26. The first-order valence-corrected chi connectivity index (χ1v) is 10.9. The fraction of sp³-hybridized carbons (Fsp3) is 0.800. The van der Waals surface area contributed by atoms with Crippen LogP contribution in [-0.2, 0) is 9.53 Å². The van der Waals surface area contributed by atoms with E-state index in [-0.39, 0.29) is 5.97 Å². The highest BCUT2D eigenvalue weighted by molar-refractivity contribution is 6.76. The monoisotopic (exact) mass is 270 g/mol. The van der Waals surface area contributed by atoms with Gasteiger partial charge in [-0.05, 0) is 12.3 Å². The van der Waals surface area contributed by atoms with Crippen LogP contribution >= 0.6 is 0 Å². The minimum atomic E-state index is -0.917. The van der Waals surface area contributed by atoms with Crippen molar-refractivity contribution >= 4 is 14.0 Å². The van der Waals surface area contributed by atoms with E-state index >= 15 is 0 Å². The average Bonchev–Trinajstić information content (AvgIpc) is 2.29. The molecule has 0 radical (unpaired) electrons. The van der Waals surface area contributed by atoms with E-state index < -0.39 is 8.07 Å². The molecular formula is C15H30O2Si. The van der Waals surface area contributed by atoms with Gasteiger partial charge in [-0.1, -0.05) is 64.9 Å². The molecule has 0 aliphatic carbocycles. The zero-order valence-electron chi connectivity index (χ0n) is 12.6. The molecule has 0 saturated carbocycles. The van der Waals surface area contributed by atoms with Crippen molar-refractivity contribution in [1.29, 1.82) is 0 Å². The van der Waals surface area contributed by atoms with Gasteiger partial charge in [0, 0.05) is 14.1 Å². The van der Waals surface area contributed by atoms with Gasteiger partial charge >= 0.3 is 5.97 Å². The lowest BCUT2D eigenvalue weighted by molar-refractivity contribution is -0.137. The Morgan fingerprint density at radius 1 is 1.28 bits per heavy atom. The van der Waals surface area contributed by atoms with Gasteiger partial charge in [0.25, 0.3) is 0 Å². The maximum Gasteiger partial charge on any atom is 0.330 e. The first-order valence-electron chi connectivity index (χ1n) is 7.18. The van der Waals surface area contributed by atoms with Crippen molar-refractivity contribution in [1.82, 2.24) is 0 Å². The van der Waals surface area contributed by atoms with E-state index in [0.717, 1.165) is 18.8 Å². The van der Waals surface area contributed by atoms with E-state index in [9.17, 15) is 4.79 Å². The van der Waals surface area contributed by atoms with Crippen LogP contribution in [0, 0.1) is 5.92 Å². The quantitative estimate of drug-likeness (QED) is 0.250. The van der Waals surface area contributed by atoms with Gasteiger partial charge in [-0.2, -0.15) is 0 Å². The maximum atomic E-state index is 10.8. The molecule has 0 spiro atoms. The molecule has 2 nitrogen and oxygen atoms in total. The van der Waals surface area contributed by atoms with E-state index in [1.807, 2.05) is 0 Å². The van der Waals surface area contributed by atoms with Crippen LogP contribution in [0.2, 0.25) is 25.7 Å². The molecule has 0 aromatic heterocycles. The number of esters is 1. The van der Waals surface area contributed by atoms with Crippen LogP contribution < -0.4 is 0 Å². The van der Waals surface area contributed by atoms with Crippen molar-refractivity contribution in [3.05, 3.63) is 12.7 Å². The summed E-state index contributed by atoms with van der Waals surface area (Å²) in [5.41, 5.74) is 0. The third-order valence-corrected chi connectivity index (χ3v) is 4.95. The molecule has 0 aromatic rings. The molecule has 0 fully saturated rings. The molecule has 0 saturated heterocycles. The lowest BCUT2D eigenvalue weighted by atomic mass is 10.0. The predicted molar refractivity (Wildman–Crippen MR) is 81.6 cm³/mol. The molecular weight excluding hydrogens is 240 g/mol. The third kappa shape index (κ3) is 10.6. The summed E-state index contributed by atoms with van der Waals surface area (Å²) in [4.78, 5) is 10.8. The van der Waals surface area contributed by atoms with Crippen molar-refractivity contribution < 1.29 is 9.53 Å². The molecule has 0 rings (SSSR count). The van der Waals surface area contributed by atoms with Gasteiger partial charge in [0.15, 0.2) is 0 Å². The summed E-state index contributed by atoms with van der Waals surface area (Å²) in [6, 6.07) is 1.44. The Morgan fingerprint density at radius 3 is 2.44 bits per heavy atom. The largest absolute Gasteiger partial charge is 0.463 e. The number of ether oxygens (including phenoxy) is 1. The highest BCUT2D eigenvalue weighted by Gasteiger charge is 2.18. The molecule has 0 aliphatic heterocycles. The first kappa shape index (κ1) is 17.4. The van der Waals surface area contributed by atoms with E-state index in [0.29, 0.717) is 6.61 Å². The molecule has 1 atom stereocenters. The van der Waals surface area contributed by atoms with Crippen LogP contribution in [0.4, 0.5) is 0 Å². The van der Waals surface area contributed by atoms with Crippen LogP contribution in [0.25, 0.3) is 0 Å². The molecule has 0 N–H and O–H groups in total. The van der Waals surface area contributed by atoms with E-state index in [1.165, 1.54) is 31.4 Å². The standard InChI is InChI=1S/C15H30O2Si/c1-6-14(13-18(3,4)5)11-9-8-10-12-17-15(16)7-2/h7,14H,2,6,8-13H2,1,3-5H3. The second-order valence-corrected chi connectivity index (χ2v) is 11.8. The molecule has 3 heteroatoms. The number of carbonyl (C=O) groups is 1. The minimum absolute atomic E-state index is 0.305. The van der Waals surface area contributed by atoms with E-state index in [4.69, 9.17) is 4.74 Å². The Kier molecular flexibility index (Phi) is 9.07. The van der Waals surface area contributed by atoms with Crippen molar-refractivity contribution in [2.45, 2.75) is 64.7 Å². The molecule has 1 unspecified atom stereocenters. The maximum absolute atomic E-state index is 10.8. The van der Waals surface area contributed by atoms with Crippen molar-refractivity contribution in [3.8, 4) is 0 Å². The molecule has 0 aliphatic rings. The van der Waals surface area contributed by atoms with Gasteiger partial charge in [0.1, 0.15) is 0 Å². The van der Waals surface area contributed by atoms with Gasteiger partial charge in [-0.15, -0.1) is 0 Å². The summed E-state index contributed by atoms with van der Waals surface area (Å²) in [5.74, 6) is 0.590. The van der Waals surface area contributed by atoms with Gasteiger partial charge in [-0.3, -0.25) is 0 Å². The highest BCUT2D eigenvalue weighted by atomic mass is 28.3. The number of hydrogen-bond acceptors (Lipinski definition) is 2. The van der Waals surface area contributed by atoms with Crippen LogP contribution in [0.15, 0.2) is 12.7 Å². The van der Waals surface area contributed by atoms with Gasteiger partial charge in [-0.25, -0.2) is 4.79 Å². The Morgan fingerprint density at radius 2 is 1.94 bits per heavy atom. The Balaban J connectivity index is 3.57. The molecule has 0 amide bonds. The fourth-order valence-electron chi connectivity index (χ4n) is 2.26. The van der Waals surface area contributed by atoms with E-state index in [2.05, 4.69) is 33.1 Å². The summed E-state index contributed by atoms with van der Waals surface area (Å²) >= 11 is 0. The van der Waals surface area contributed by atoms with Gasteiger partial charge in [0.05, 0.1) is 6.61 Å². The number of carbonyl (C=O) groups excluding carboxylic acids is 1. The molecule has 0 heterocycles. The van der Waals surface area contributed by atoms with Gasteiger partial charge in [0.2, 0.25) is 0 Å². The Labute approximate surface area is 114 Å². The summed E-state index contributed by atoms with van der Waals surface area (Å²) < 4.78 is 4.96. The normalized spacial score (nSPS) is 13.1. The lowest BCUT2D eigenvalue weighted by Gasteiger charge is -2.23. The van der Waals surface area contributed by atoms with Crippen molar-refractivity contribution in [2.75, 3.05) is 6.61 Å². The zero-order valence-corrected chi connectivity index (χ0v) is 13.6. The summed E-state index contributed by atoms with van der Waals surface area (Å²) in [6.45, 7) is 13.6. The molecule has 0 bridgehead atoms. The smallest absolute Gasteiger partial charge is 0.330 e. The van der Waals surface area contributed by atoms with Crippen LogP contribution in [0.1, 0.15) is 39.0 Å². The van der Waals surface area contributed by atoms with Crippen molar-refractivity contribution in [2.24, 2.45) is 5.92 Å². The van der Waals surface area contributed by atoms with Crippen LogP contribution in [-0.4, -0.2) is 20.7 Å². The van der Waals surface area contributed by atoms with Gasteiger partial charge < -0.3 is 4.74 Å².